The summed E-state index contributed by atoms with van der Waals surface area (Å²) < 4.78 is 10.5. The van der Waals surface area contributed by atoms with Crippen LogP contribution in [-0.2, 0) is 16.0 Å². The molecule has 1 atom stereocenters. The Balaban J connectivity index is 1.78. The van der Waals surface area contributed by atoms with E-state index in [1.54, 1.807) is 38.3 Å². The fourth-order valence-corrected chi connectivity index (χ4v) is 3.97. The lowest BCUT2D eigenvalue weighted by Gasteiger charge is -2.26. The van der Waals surface area contributed by atoms with E-state index in [0.717, 1.165) is 0 Å². The van der Waals surface area contributed by atoms with Gasteiger partial charge < -0.3 is 19.8 Å². The molecule has 1 unspecified atom stereocenters. The second-order valence-electron chi connectivity index (χ2n) is 8.02. The van der Waals surface area contributed by atoms with Gasteiger partial charge in [-0.25, -0.2) is 10.0 Å². The molecule has 0 saturated heterocycles. The number of carbonyl (C=O) groups excluding carboxylic acids is 2. The number of aryl methyl sites for hydroxylation is 1. The van der Waals surface area contributed by atoms with E-state index in [1.165, 1.54) is 4.90 Å². The maximum absolute atomic E-state index is 13.1. The van der Waals surface area contributed by atoms with Gasteiger partial charge in [-0.05, 0) is 65.6 Å². The lowest BCUT2D eigenvalue weighted by molar-refractivity contribution is -0.126. The number of hydrogen-bond donors (Lipinski definition) is 2. The first kappa shape index (κ1) is 23.3. The monoisotopic (exact) mass is 456 g/mol. The summed E-state index contributed by atoms with van der Waals surface area (Å²) in [5.74, 6) is 0.449. The number of nitrogens with zero attached hydrogens (tertiary/aromatic N) is 2. The summed E-state index contributed by atoms with van der Waals surface area (Å²) >= 11 is 0. The summed E-state index contributed by atoms with van der Waals surface area (Å²) in [7, 11) is 0.706. The zero-order valence-corrected chi connectivity index (χ0v) is 19.7. The molecule has 32 heavy (non-hydrogen) atoms. The zero-order chi connectivity index (χ0) is 23.3. The molecule has 8 nitrogen and oxygen atoms in total. The van der Waals surface area contributed by atoms with Gasteiger partial charge in [0.05, 0.1) is 7.11 Å². The van der Waals surface area contributed by atoms with Crippen molar-refractivity contribution < 1.29 is 18.7 Å². The fourth-order valence-electron chi connectivity index (χ4n) is 3.02. The summed E-state index contributed by atoms with van der Waals surface area (Å²) in [5.41, 5.74) is 1.27. The number of hydrogen-bond acceptors (Lipinski definition) is 6. The third-order valence-corrected chi connectivity index (χ3v) is 6.41. The van der Waals surface area contributed by atoms with Gasteiger partial charge in [-0.1, -0.05) is 12.1 Å². The Morgan fingerprint density at radius 2 is 1.69 bits per heavy atom. The summed E-state index contributed by atoms with van der Waals surface area (Å²) in [6.45, 7) is 1.65. The molecule has 2 N–H and O–H groups in total. The van der Waals surface area contributed by atoms with Gasteiger partial charge in [0, 0.05) is 12.6 Å². The molecule has 9 heteroatoms. The molecule has 0 aliphatic rings. The SMILES string of the molecule is COc1ccc(C(NC(=O)Cc2nnc(C)o2)C(=O)Nc2ccc(S(C)(C)C)cc2)cc1. The van der Waals surface area contributed by atoms with Crippen molar-refractivity contribution >= 4 is 27.5 Å². The summed E-state index contributed by atoms with van der Waals surface area (Å²) in [5, 5.41) is 13.2. The van der Waals surface area contributed by atoms with E-state index in [9.17, 15) is 9.59 Å². The van der Waals surface area contributed by atoms with Crippen LogP contribution in [0.5, 0.6) is 5.75 Å². The predicted octanol–water partition coefficient (Wildman–Crippen LogP) is 3.48. The van der Waals surface area contributed by atoms with Crippen LogP contribution >= 0.6 is 10.0 Å². The van der Waals surface area contributed by atoms with Crippen LogP contribution in [0.1, 0.15) is 23.4 Å². The van der Waals surface area contributed by atoms with Crippen molar-refractivity contribution in [2.24, 2.45) is 0 Å². The average Bonchev–Trinajstić information content (AvgIpc) is 3.16. The molecule has 0 spiro atoms. The standard InChI is InChI=1S/C23H28N4O4S/c1-15-26-27-21(31-15)14-20(28)25-22(16-6-10-18(30-2)11-7-16)23(29)24-17-8-12-19(13-9-17)32(3,4)5/h6-13,22H,14H2,1-5H3,(H,24,29)(H,25,28). The van der Waals surface area contributed by atoms with Crippen LogP contribution in [0.25, 0.3) is 0 Å². The van der Waals surface area contributed by atoms with Gasteiger partial charge in [-0.15, -0.1) is 10.2 Å². The van der Waals surface area contributed by atoms with Crippen LogP contribution in [0.4, 0.5) is 5.69 Å². The smallest absolute Gasteiger partial charge is 0.251 e. The van der Waals surface area contributed by atoms with Crippen LogP contribution in [0.15, 0.2) is 57.8 Å². The molecule has 1 heterocycles. The topological polar surface area (TPSA) is 106 Å². The Bertz CT molecular complexity index is 1070. The number of carbonyl (C=O) groups is 2. The average molecular weight is 457 g/mol. The maximum atomic E-state index is 13.1. The molecule has 0 bridgehead atoms. The fraction of sp³-hybridized carbons (Fsp3) is 0.304. The van der Waals surface area contributed by atoms with Gasteiger partial charge >= 0.3 is 0 Å². The first-order valence-electron chi connectivity index (χ1n) is 9.97. The zero-order valence-electron chi connectivity index (χ0n) is 18.8. The Morgan fingerprint density at radius 1 is 1.03 bits per heavy atom. The van der Waals surface area contributed by atoms with Crippen LogP contribution in [0.3, 0.4) is 0 Å². The Labute approximate surface area is 189 Å². The minimum atomic E-state index is -0.912. The van der Waals surface area contributed by atoms with Crippen molar-refractivity contribution in [1.29, 1.82) is 0 Å². The Hall–Kier alpha value is -3.33. The third kappa shape index (κ3) is 6.10. The van der Waals surface area contributed by atoms with Gasteiger partial charge in [-0.2, -0.15) is 0 Å². The third-order valence-electron chi connectivity index (χ3n) is 4.73. The van der Waals surface area contributed by atoms with Crippen molar-refractivity contribution in [3.05, 3.63) is 65.9 Å². The van der Waals surface area contributed by atoms with E-state index < -0.39 is 22.0 Å². The molecule has 3 rings (SSSR count). The number of ether oxygens (including phenoxy) is 1. The van der Waals surface area contributed by atoms with Crippen LogP contribution in [0, 0.1) is 6.92 Å². The highest BCUT2D eigenvalue weighted by Crippen LogP contribution is 2.45. The number of benzene rings is 2. The van der Waals surface area contributed by atoms with Crippen molar-refractivity contribution in [3.8, 4) is 5.75 Å². The maximum Gasteiger partial charge on any atom is 0.251 e. The van der Waals surface area contributed by atoms with Crippen molar-refractivity contribution in [2.45, 2.75) is 24.3 Å². The van der Waals surface area contributed by atoms with Crippen LogP contribution in [-0.4, -0.2) is 47.9 Å². The van der Waals surface area contributed by atoms with Crippen molar-refractivity contribution in [1.82, 2.24) is 15.5 Å². The van der Waals surface area contributed by atoms with Crippen LogP contribution < -0.4 is 15.4 Å². The number of rotatable bonds is 8. The van der Waals surface area contributed by atoms with Gasteiger partial charge in [-0.3, -0.25) is 9.59 Å². The second kappa shape index (κ2) is 9.86. The Kier molecular flexibility index (Phi) is 7.19. The number of anilines is 1. The van der Waals surface area contributed by atoms with Crippen molar-refractivity contribution in [2.75, 3.05) is 31.2 Å². The normalized spacial score (nSPS) is 12.7. The van der Waals surface area contributed by atoms with Crippen molar-refractivity contribution in [3.63, 3.8) is 0 Å². The molecule has 0 radical (unpaired) electrons. The summed E-state index contributed by atoms with van der Waals surface area (Å²) in [4.78, 5) is 27.0. The first-order chi connectivity index (χ1) is 15.2. The molecular formula is C23H28N4O4S. The second-order valence-corrected chi connectivity index (χ2v) is 12.2. The van der Waals surface area contributed by atoms with E-state index >= 15 is 0 Å². The number of amides is 2. The van der Waals surface area contributed by atoms with E-state index in [2.05, 4.69) is 39.6 Å². The number of aromatic nitrogens is 2. The quantitative estimate of drug-likeness (QED) is 0.538. The first-order valence-corrected chi connectivity index (χ1v) is 12.8. The molecule has 0 fully saturated rings. The van der Waals surface area contributed by atoms with Gasteiger partial charge in [0.25, 0.3) is 5.91 Å². The molecular weight excluding hydrogens is 428 g/mol. The van der Waals surface area contributed by atoms with Gasteiger partial charge in [0.2, 0.25) is 17.7 Å². The highest BCUT2D eigenvalue weighted by Gasteiger charge is 2.24. The lowest BCUT2D eigenvalue weighted by atomic mass is 10.1. The summed E-state index contributed by atoms with van der Waals surface area (Å²) in [6.07, 6.45) is 6.51. The molecule has 2 aromatic carbocycles. The van der Waals surface area contributed by atoms with E-state index in [0.29, 0.717) is 22.9 Å². The predicted molar refractivity (Wildman–Crippen MR) is 125 cm³/mol. The molecule has 0 aliphatic carbocycles. The van der Waals surface area contributed by atoms with Gasteiger partial charge in [0.1, 0.15) is 18.2 Å². The summed E-state index contributed by atoms with van der Waals surface area (Å²) in [6, 6.07) is 13.8. The Morgan fingerprint density at radius 3 is 2.22 bits per heavy atom. The lowest BCUT2D eigenvalue weighted by Crippen LogP contribution is -2.37. The number of methoxy groups -OCH3 is 1. The highest BCUT2D eigenvalue weighted by atomic mass is 32.3. The van der Waals surface area contributed by atoms with E-state index in [1.807, 2.05) is 24.3 Å². The highest BCUT2D eigenvalue weighted by molar-refractivity contribution is 8.32. The van der Waals surface area contributed by atoms with E-state index in [-0.39, 0.29) is 18.2 Å². The molecule has 1 aromatic heterocycles. The minimum absolute atomic E-state index is 0.121. The molecule has 0 saturated carbocycles. The minimum Gasteiger partial charge on any atom is -0.497 e. The molecule has 2 amide bonds. The molecule has 3 aromatic rings. The van der Waals surface area contributed by atoms with Crippen LogP contribution in [0.2, 0.25) is 0 Å². The molecule has 0 aliphatic heterocycles. The van der Waals surface area contributed by atoms with E-state index in [4.69, 9.17) is 9.15 Å². The number of nitrogens with one attached hydrogen (secondary N) is 2. The molecule has 170 valence electrons. The van der Waals surface area contributed by atoms with Gasteiger partial charge in [0.15, 0.2) is 0 Å². The largest absolute Gasteiger partial charge is 0.497 e.